The van der Waals surface area contributed by atoms with E-state index in [0.717, 1.165) is 0 Å². The molecule has 1 atom stereocenters. The highest BCUT2D eigenvalue weighted by Gasteiger charge is 1.90. The normalized spacial score (nSPS) is 14.4. The Morgan fingerprint density at radius 2 is 1.89 bits per heavy atom. The second kappa shape index (κ2) is 6.61. The van der Waals surface area contributed by atoms with Gasteiger partial charge < -0.3 is 5.73 Å². The molecular weight excluding hydrogens is 183 g/mol. The van der Waals surface area contributed by atoms with Crippen LogP contribution in [0.25, 0.3) is 0 Å². The third-order valence-electron chi connectivity index (χ3n) is 0.507. The van der Waals surface area contributed by atoms with E-state index in [-0.39, 0.29) is 24.8 Å². The van der Waals surface area contributed by atoms with Gasteiger partial charge in [0.25, 0.3) is 0 Å². The van der Waals surface area contributed by atoms with Crippen molar-refractivity contribution >= 4 is 34.5 Å². The molecule has 0 amide bonds. The summed E-state index contributed by atoms with van der Waals surface area (Å²) >= 11 is 0. The zero-order valence-corrected chi connectivity index (χ0v) is 7.57. The van der Waals surface area contributed by atoms with Crippen molar-refractivity contribution in [3.63, 3.8) is 0 Å². The molecule has 0 saturated heterocycles. The van der Waals surface area contributed by atoms with Crippen LogP contribution in [0.2, 0.25) is 0 Å². The molecule has 0 rings (SSSR count). The zero-order valence-electron chi connectivity index (χ0n) is 5.12. The number of nitrogens with two attached hydrogens (primary N) is 1. The molecule has 0 aromatic heterocycles. The highest BCUT2D eigenvalue weighted by atomic mass is 35.5. The van der Waals surface area contributed by atoms with Crippen molar-refractivity contribution in [3.05, 3.63) is 0 Å². The summed E-state index contributed by atoms with van der Waals surface area (Å²) in [5, 5.41) is 0. The molecular formula is C3H12Cl2N2OS. The van der Waals surface area contributed by atoms with Gasteiger partial charge in [-0.3, -0.25) is 8.99 Å². The van der Waals surface area contributed by atoms with Crippen LogP contribution in [0.4, 0.5) is 0 Å². The molecule has 0 aliphatic rings. The van der Waals surface area contributed by atoms with Gasteiger partial charge in [0.05, 0.1) is 0 Å². The molecule has 3 nitrogen and oxygen atoms in total. The standard InChI is InChI=1S/C3H10N2OS.2ClH/c1-7(5,6)3-2-4;;/h5H,2-4H2,1H3;2*1H. The van der Waals surface area contributed by atoms with Gasteiger partial charge in [-0.05, 0) is 0 Å². The molecule has 9 heavy (non-hydrogen) atoms. The molecule has 60 valence electrons. The number of rotatable bonds is 2. The van der Waals surface area contributed by atoms with Gasteiger partial charge >= 0.3 is 0 Å². The molecule has 0 aromatic rings. The van der Waals surface area contributed by atoms with Gasteiger partial charge in [0.15, 0.2) is 0 Å². The van der Waals surface area contributed by atoms with E-state index in [2.05, 4.69) is 0 Å². The Balaban J connectivity index is -0.000000180. The number of hydrogen-bond acceptors (Lipinski definition) is 3. The molecule has 0 fully saturated rings. The Hall–Kier alpha value is 0.490. The van der Waals surface area contributed by atoms with Gasteiger partial charge in [0, 0.05) is 28.3 Å². The third kappa shape index (κ3) is 17.7. The topological polar surface area (TPSA) is 66.9 Å². The summed E-state index contributed by atoms with van der Waals surface area (Å²) in [6.45, 7) is 0.346. The first kappa shape index (κ1) is 16.2. The van der Waals surface area contributed by atoms with E-state index in [1.807, 2.05) is 0 Å². The minimum absolute atomic E-state index is 0. The molecule has 1 unspecified atom stereocenters. The summed E-state index contributed by atoms with van der Waals surface area (Å²) in [4.78, 5) is 0. The molecule has 0 aliphatic heterocycles. The van der Waals surface area contributed by atoms with Crippen LogP contribution in [0.1, 0.15) is 0 Å². The van der Waals surface area contributed by atoms with Crippen LogP contribution in [-0.4, -0.2) is 22.8 Å². The Labute approximate surface area is 68.2 Å². The van der Waals surface area contributed by atoms with Gasteiger partial charge in [0.1, 0.15) is 0 Å². The number of halogens is 2. The Morgan fingerprint density at radius 3 is 1.89 bits per heavy atom. The lowest BCUT2D eigenvalue weighted by molar-refractivity contribution is 0.678. The predicted octanol–water partition coefficient (Wildman–Crippen LogP) is 0.465. The average molecular weight is 195 g/mol. The average Bonchev–Trinajstić information content (AvgIpc) is 1.30. The highest BCUT2D eigenvalue weighted by Crippen LogP contribution is 1.78. The quantitative estimate of drug-likeness (QED) is 0.672. The summed E-state index contributed by atoms with van der Waals surface area (Å²) in [6, 6.07) is 0. The van der Waals surface area contributed by atoms with Crippen LogP contribution in [0.5, 0.6) is 0 Å². The summed E-state index contributed by atoms with van der Waals surface area (Å²) in [5.74, 6) is 0.312. The molecule has 0 radical (unpaired) electrons. The third-order valence-corrected chi connectivity index (χ3v) is 1.52. The smallest absolute Gasteiger partial charge is 0.0435 e. The van der Waals surface area contributed by atoms with Gasteiger partial charge in [-0.25, -0.2) is 0 Å². The lowest BCUT2D eigenvalue weighted by Crippen LogP contribution is -2.12. The van der Waals surface area contributed by atoms with Crippen molar-refractivity contribution < 1.29 is 4.21 Å². The van der Waals surface area contributed by atoms with Crippen molar-refractivity contribution in [2.24, 2.45) is 5.73 Å². The summed E-state index contributed by atoms with van der Waals surface area (Å²) in [7, 11) is -2.30. The minimum Gasteiger partial charge on any atom is -0.330 e. The van der Waals surface area contributed by atoms with Gasteiger partial charge in [0.2, 0.25) is 0 Å². The fourth-order valence-corrected chi connectivity index (χ4v) is 0.675. The molecule has 0 heterocycles. The van der Waals surface area contributed by atoms with Crippen molar-refractivity contribution in [1.82, 2.24) is 0 Å². The van der Waals surface area contributed by atoms with E-state index < -0.39 is 9.73 Å². The second-order valence-corrected chi connectivity index (χ2v) is 3.92. The van der Waals surface area contributed by atoms with Crippen LogP contribution in [0.3, 0.4) is 0 Å². The van der Waals surface area contributed by atoms with E-state index >= 15 is 0 Å². The van der Waals surface area contributed by atoms with E-state index in [1.54, 1.807) is 0 Å². The van der Waals surface area contributed by atoms with Crippen molar-refractivity contribution in [2.75, 3.05) is 18.6 Å². The largest absolute Gasteiger partial charge is 0.330 e. The maximum atomic E-state index is 10.4. The van der Waals surface area contributed by atoms with Crippen molar-refractivity contribution in [1.29, 1.82) is 4.78 Å². The van der Waals surface area contributed by atoms with E-state index in [1.165, 1.54) is 6.26 Å². The summed E-state index contributed by atoms with van der Waals surface area (Å²) in [6.07, 6.45) is 1.39. The lowest BCUT2D eigenvalue weighted by Gasteiger charge is -1.92. The highest BCUT2D eigenvalue weighted by molar-refractivity contribution is 7.91. The van der Waals surface area contributed by atoms with Crippen LogP contribution in [0, 0.1) is 4.78 Å². The first-order valence-corrected chi connectivity index (χ1v) is 4.11. The van der Waals surface area contributed by atoms with Crippen molar-refractivity contribution in [3.8, 4) is 0 Å². The van der Waals surface area contributed by atoms with E-state index in [0.29, 0.717) is 12.3 Å². The first-order valence-electron chi connectivity index (χ1n) is 1.98. The van der Waals surface area contributed by atoms with Gasteiger partial charge in [-0.1, -0.05) is 0 Å². The fourth-order valence-electron chi connectivity index (χ4n) is 0.225. The van der Waals surface area contributed by atoms with Crippen LogP contribution in [0.15, 0.2) is 0 Å². The van der Waals surface area contributed by atoms with Crippen LogP contribution < -0.4 is 5.73 Å². The maximum absolute atomic E-state index is 10.4. The van der Waals surface area contributed by atoms with Gasteiger partial charge in [-0.15, -0.1) is 24.8 Å². The molecule has 0 aromatic carbocycles. The van der Waals surface area contributed by atoms with Crippen LogP contribution in [-0.2, 0) is 9.73 Å². The van der Waals surface area contributed by atoms with Gasteiger partial charge in [-0.2, -0.15) is 0 Å². The fraction of sp³-hybridized carbons (Fsp3) is 1.00. The summed E-state index contributed by atoms with van der Waals surface area (Å²) < 4.78 is 17.2. The number of hydrogen-bond donors (Lipinski definition) is 2. The van der Waals surface area contributed by atoms with Crippen LogP contribution >= 0.6 is 24.8 Å². The predicted molar refractivity (Wildman–Crippen MR) is 45.2 cm³/mol. The summed E-state index contributed by atoms with van der Waals surface area (Å²) in [5.41, 5.74) is 5.02. The molecule has 0 aliphatic carbocycles. The zero-order chi connectivity index (χ0) is 5.91. The second-order valence-electron chi connectivity index (χ2n) is 1.50. The maximum Gasteiger partial charge on any atom is 0.0435 e. The molecule has 0 bridgehead atoms. The molecule has 3 N–H and O–H groups in total. The first-order chi connectivity index (χ1) is 3.06. The molecule has 6 heteroatoms. The van der Waals surface area contributed by atoms with E-state index in [9.17, 15) is 4.21 Å². The lowest BCUT2D eigenvalue weighted by atomic mass is 10.8. The van der Waals surface area contributed by atoms with Crippen molar-refractivity contribution in [2.45, 2.75) is 0 Å². The monoisotopic (exact) mass is 194 g/mol. The van der Waals surface area contributed by atoms with E-state index in [4.69, 9.17) is 10.5 Å². The molecule has 0 spiro atoms. The Bertz CT molecular complexity index is 133. The number of nitrogens with one attached hydrogen (secondary N) is 1. The minimum atomic E-state index is -2.30. The molecule has 0 saturated carbocycles. The Morgan fingerprint density at radius 1 is 1.56 bits per heavy atom. The Kier molecular flexibility index (Phi) is 11.9. The SMILES string of the molecule is CS(=N)(=O)CCN.Cl.Cl.